The molecule has 0 fully saturated rings. The van der Waals surface area contributed by atoms with Crippen molar-refractivity contribution < 1.29 is 13.6 Å². The summed E-state index contributed by atoms with van der Waals surface area (Å²) in [6.45, 7) is 0.426. The molecule has 0 unspecified atom stereocenters. The second kappa shape index (κ2) is 6.00. The molecule has 0 saturated carbocycles. The van der Waals surface area contributed by atoms with Gasteiger partial charge in [-0.3, -0.25) is 4.79 Å². The number of carbonyl (C=O) groups excluding carboxylic acids is 1. The summed E-state index contributed by atoms with van der Waals surface area (Å²) in [4.78, 5) is 14.6. The standard InChI is InChI=1S/C14H14F2N2OS/c1-18(5-4-10-3-2-6-20-10)14(19)11-7-9(15)8-12(17)13(11)16/h2-3,6-8H,4-5,17H2,1H3. The second-order valence-corrected chi connectivity index (χ2v) is 5.44. The molecule has 1 aromatic heterocycles. The van der Waals surface area contributed by atoms with E-state index in [9.17, 15) is 13.6 Å². The summed E-state index contributed by atoms with van der Waals surface area (Å²) in [5.74, 6) is -2.18. The lowest BCUT2D eigenvalue weighted by molar-refractivity contribution is 0.0792. The number of rotatable bonds is 4. The summed E-state index contributed by atoms with van der Waals surface area (Å²) in [5, 5.41) is 1.95. The maximum absolute atomic E-state index is 13.8. The summed E-state index contributed by atoms with van der Waals surface area (Å²) in [6.07, 6.45) is 0.673. The lowest BCUT2D eigenvalue weighted by atomic mass is 10.1. The van der Waals surface area contributed by atoms with Crippen LogP contribution in [0.25, 0.3) is 0 Å². The molecule has 0 aliphatic carbocycles. The van der Waals surface area contributed by atoms with E-state index in [4.69, 9.17) is 5.73 Å². The summed E-state index contributed by atoms with van der Waals surface area (Å²) in [6, 6.07) is 5.62. The number of benzene rings is 1. The van der Waals surface area contributed by atoms with Crippen molar-refractivity contribution in [2.24, 2.45) is 0 Å². The van der Waals surface area contributed by atoms with Gasteiger partial charge < -0.3 is 10.6 Å². The van der Waals surface area contributed by atoms with Gasteiger partial charge in [0, 0.05) is 18.5 Å². The summed E-state index contributed by atoms with van der Waals surface area (Å²) in [5.41, 5.74) is 4.63. The molecule has 0 bridgehead atoms. The normalized spacial score (nSPS) is 10.6. The number of likely N-dealkylation sites (N-methyl/N-ethyl adjacent to an activating group) is 1. The molecule has 1 aromatic carbocycles. The zero-order chi connectivity index (χ0) is 14.7. The maximum atomic E-state index is 13.8. The third-order valence-corrected chi connectivity index (χ3v) is 3.85. The lowest BCUT2D eigenvalue weighted by Crippen LogP contribution is -2.29. The van der Waals surface area contributed by atoms with Gasteiger partial charge in [-0.15, -0.1) is 11.3 Å². The van der Waals surface area contributed by atoms with E-state index in [1.807, 2.05) is 17.5 Å². The summed E-state index contributed by atoms with van der Waals surface area (Å²) >= 11 is 1.59. The Morgan fingerprint density at radius 1 is 1.40 bits per heavy atom. The molecule has 106 valence electrons. The predicted octanol–water partition coefficient (Wildman–Crippen LogP) is 2.92. The topological polar surface area (TPSA) is 46.3 Å². The van der Waals surface area contributed by atoms with Gasteiger partial charge in [-0.05, 0) is 30.0 Å². The Kier molecular flexibility index (Phi) is 4.34. The molecule has 0 spiro atoms. The van der Waals surface area contributed by atoms with Crippen LogP contribution in [0.1, 0.15) is 15.2 Å². The van der Waals surface area contributed by atoms with Crippen molar-refractivity contribution in [3.05, 3.63) is 51.7 Å². The van der Waals surface area contributed by atoms with Gasteiger partial charge in [0.05, 0.1) is 11.3 Å². The first kappa shape index (κ1) is 14.5. The molecule has 2 aromatic rings. The quantitative estimate of drug-likeness (QED) is 0.882. The zero-order valence-corrected chi connectivity index (χ0v) is 11.7. The molecule has 0 radical (unpaired) electrons. The Morgan fingerprint density at radius 3 is 2.80 bits per heavy atom. The van der Waals surface area contributed by atoms with Crippen molar-refractivity contribution in [3.63, 3.8) is 0 Å². The van der Waals surface area contributed by atoms with Crippen LogP contribution in [0.3, 0.4) is 0 Å². The number of anilines is 1. The van der Waals surface area contributed by atoms with E-state index in [-0.39, 0.29) is 11.3 Å². The molecular weight excluding hydrogens is 282 g/mol. The van der Waals surface area contributed by atoms with Crippen LogP contribution in [0.15, 0.2) is 29.6 Å². The van der Waals surface area contributed by atoms with Crippen molar-refractivity contribution in [2.45, 2.75) is 6.42 Å². The Hall–Kier alpha value is -1.95. The summed E-state index contributed by atoms with van der Waals surface area (Å²) < 4.78 is 27.0. The van der Waals surface area contributed by atoms with Crippen molar-refractivity contribution in [1.29, 1.82) is 0 Å². The van der Waals surface area contributed by atoms with Crippen molar-refractivity contribution in [1.82, 2.24) is 4.90 Å². The Morgan fingerprint density at radius 2 is 2.15 bits per heavy atom. The first-order valence-corrected chi connectivity index (χ1v) is 6.89. The first-order valence-electron chi connectivity index (χ1n) is 6.01. The number of hydrogen-bond acceptors (Lipinski definition) is 3. The van der Waals surface area contributed by atoms with E-state index in [0.717, 1.165) is 17.0 Å². The molecule has 20 heavy (non-hydrogen) atoms. The zero-order valence-electron chi connectivity index (χ0n) is 10.9. The van der Waals surface area contributed by atoms with Crippen LogP contribution < -0.4 is 5.73 Å². The van der Waals surface area contributed by atoms with Crippen molar-refractivity contribution in [3.8, 4) is 0 Å². The number of amides is 1. The smallest absolute Gasteiger partial charge is 0.256 e. The van der Waals surface area contributed by atoms with Gasteiger partial charge in [0.15, 0.2) is 5.82 Å². The van der Waals surface area contributed by atoms with Crippen LogP contribution in [-0.4, -0.2) is 24.4 Å². The second-order valence-electron chi connectivity index (χ2n) is 4.41. The van der Waals surface area contributed by atoms with E-state index >= 15 is 0 Å². The monoisotopic (exact) mass is 296 g/mol. The van der Waals surface area contributed by atoms with E-state index in [0.29, 0.717) is 13.0 Å². The number of nitrogens with two attached hydrogens (primary N) is 1. The van der Waals surface area contributed by atoms with E-state index in [1.54, 1.807) is 18.4 Å². The molecule has 0 aliphatic heterocycles. The minimum Gasteiger partial charge on any atom is -0.396 e. The largest absolute Gasteiger partial charge is 0.396 e. The number of thiophene rings is 1. The van der Waals surface area contributed by atoms with Crippen molar-refractivity contribution in [2.75, 3.05) is 19.3 Å². The van der Waals surface area contributed by atoms with Gasteiger partial charge >= 0.3 is 0 Å². The first-order chi connectivity index (χ1) is 9.49. The van der Waals surface area contributed by atoms with E-state index < -0.39 is 17.5 Å². The van der Waals surface area contributed by atoms with Gasteiger partial charge in [-0.1, -0.05) is 6.07 Å². The van der Waals surface area contributed by atoms with Crippen LogP contribution >= 0.6 is 11.3 Å². The fourth-order valence-corrected chi connectivity index (χ4v) is 2.50. The van der Waals surface area contributed by atoms with Gasteiger partial charge in [-0.25, -0.2) is 8.78 Å². The number of carbonyl (C=O) groups is 1. The molecule has 0 saturated heterocycles. The molecule has 0 atom stereocenters. The maximum Gasteiger partial charge on any atom is 0.256 e. The predicted molar refractivity (Wildman–Crippen MR) is 75.8 cm³/mol. The molecule has 6 heteroatoms. The third kappa shape index (κ3) is 3.14. The Labute approximate surface area is 119 Å². The lowest BCUT2D eigenvalue weighted by Gasteiger charge is -2.17. The van der Waals surface area contributed by atoms with E-state index in [1.165, 1.54) is 4.90 Å². The highest BCUT2D eigenvalue weighted by atomic mass is 32.1. The highest BCUT2D eigenvalue weighted by Crippen LogP contribution is 2.19. The molecule has 2 N–H and O–H groups in total. The number of halogens is 2. The van der Waals surface area contributed by atoms with E-state index in [2.05, 4.69) is 0 Å². The molecule has 1 heterocycles. The Bertz CT molecular complexity index is 614. The average Bonchev–Trinajstić information content (AvgIpc) is 2.92. The SMILES string of the molecule is CN(CCc1cccs1)C(=O)c1cc(F)cc(N)c1F. The molecule has 2 rings (SSSR count). The minimum atomic E-state index is -0.876. The van der Waals surface area contributed by atoms with Crippen LogP contribution in [0.4, 0.5) is 14.5 Å². The highest BCUT2D eigenvalue weighted by Gasteiger charge is 2.19. The van der Waals surface area contributed by atoms with Gasteiger partial charge in [0.1, 0.15) is 5.82 Å². The van der Waals surface area contributed by atoms with Crippen LogP contribution in [0.5, 0.6) is 0 Å². The molecular formula is C14H14F2N2OS. The Balaban J connectivity index is 2.10. The van der Waals surface area contributed by atoms with Crippen LogP contribution in [0.2, 0.25) is 0 Å². The fourth-order valence-electron chi connectivity index (χ4n) is 1.81. The van der Waals surface area contributed by atoms with Crippen LogP contribution in [-0.2, 0) is 6.42 Å². The summed E-state index contributed by atoms with van der Waals surface area (Å²) in [7, 11) is 1.55. The van der Waals surface area contributed by atoms with Crippen molar-refractivity contribution >= 4 is 22.9 Å². The molecule has 1 amide bonds. The molecule has 3 nitrogen and oxygen atoms in total. The average molecular weight is 296 g/mol. The number of hydrogen-bond donors (Lipinski definition) is 1. The number of nitrogens with zero attached hydrogens (tertiary/aromatic N) is 1. The highest BCUT2D eigenvalue weighted by molar-refractivity contribution is 7.09. The molecule has 0 aliphatic rings. The van der Waals surface area contributed by atoms with Gasteiger partial charge in [0.2, 0.25) is 0 Å². The third-order valence-electron chi connectivity index (χ3n) is 2.92. The minimum absolute atomic E-state index is 0.337. The number of nitrogen functional groups attached to an aromatic ring is 1. The van der Waals surface area contributed by atoms with Gasteiger partial charge in [0.25, 0.3) is 5.91 Å². The fraction of sp³-hybridized carbons (Fsp3) is 0.214. The van der Waals surface area contributed by atoms with Gasteiger partial charge in [-0.2, -0.15) is 0 Å². The van der Waals surface area contributed by atoms with Crippen LogP contribution in [0, 0.1) is 11.6 Å².